The molecule has 3 unspecified atom stereocenters. The number of hydrogen-bond acceptors (Lipinski definition) is 3. The lowest BCUT2D eigenvalue weighted by molar-refractivity contribution is 0.0166. The summed E-state index contributed by atoms with van der Waals surface area (Å²) in [5.74, 6) is 2.34. The van der Waals surface area contributed by atoms with Crippen molar-refractivity contribution in [1.29, 1.82) is 0 Å². The van der Waals surface area contributed by atoms with Gasteiger partial charge in [0.15, 0.2) is 0 Å². The molecule has 1 saturated heterocycles. The number of rotatable bonds is 4. The third kappa shape index (κ3) is 5.79. The molecule has 0 aromatic carbocycles. The number of piperidine rings is 1. The second kappa shape index (κ2) is 7.67. The van der Waals surface area contributed by atoms with Crippen molar-refractivity contribution < 1.29 is 9.53 Å². The maximum absolute atomic E-state index is 12.2. The van der Waals surface area contributed by atoms with Crippen LogP contribution in [0.2, 0.25) is 0 Å². The number of nitrogens with one attached hydrogen (secondary N) is 1. The van der Waals surface area contributed by atoms with E-state index in [1.807, 2.05) is 25.7 Å². The number of hydrogen-bond donors (Lipinski definition) is 1. The van der Waals surface area contributed by atoms with E-state index in [0.29, 0.717) is 5.92 Å². The largest absolute Gasteiger partial charge is 0.444 e. The van der Waals surface area contributed by atoms with Gasteiger partial charge in [0, 0.05) is 13.1 Å². The van der Waals surface area contributed by atoms with Gasteiger partial charge in [-0.05, 0) is 77.3 Å². The van der Waals surface area contributed by atoms with Gasteiger partial charge in [0.1, 0.15) is 5.60 Å². The molecule has 1 heterocycles. The molecular weight excluding hydrogens is 276 g/mol. The fraction of sp³-hybridized carbons (Fsp3) is 0.944. The first-order valence-electron chi connectivity index (χ1n) is 9.02. The molecule has 1 N–H and O–H groups in total. The summed E-state index contributed by atoms with van der Waals surface area (Å²) in [7, 11) is 0. The molecule has 2 aliphatic rings. The summed E-state index contributed by atoms with van der Waals surface area (Å²) in [4.78, 5) is 14.0. The summed E-state index contributed by atoms with van der Waals surface area (Å²) in [5.41, 5.74) is -0.401. The fourth-order valence-electron chi connectivity index (χ4n) is 3.73. The minimum absolute atomic E-state index is 0.151. The van der Waals surface area contributed by atoms with E-state index >= 15 is 0 Å². The Hall–Kier alpha value is -0.770. The van der Waals surface area contributed by atoms with E-state index < -0.39 is 5.60 Å². The molecule has 22 heavy (non-hydrogen) atoms. The van der Waals surface area contributed by atoms with Gasteiger partial charge in [-0.3, -0.25) is 0 Å². The average molecular weight is 310 g/mol. The molecule has 0 aromatic heterocycles. The van der Waals surface area contributed by atoms with E-state index in [0.717, 1.165) is 44.4 Å². The number of amides is 1. The molecule has 0 bridgehead atoms. The number of ether oxygens (including phenoxy) is 1. The predicted molar refractivity (Wildman–Crippen MR) is 89.9 cm³/mol. The SMILES string of the molecule is CC1CCC(CNCC2CCCN(C(=O)OC(C)(C)C)C2)C1. The topological polar surface area (TPSA) is 41.6 Å². The van der Waals surface area contributed by atoms with Gasteiger partial charge in [-0.2, -0.15) is 0 Å². The van der Waals surface area contributed by atoms with Gasteiger partial charge in [0.25, 0.3) is 0 Å². The standard InChI is InChI=1S/C18H34N2O2/c1-14-7-8-15(10-14)11-19-12-16-6-5-9-20(13-16)17(21)22-18(2,3)4/h14-16,19H,5-13H2,1-4H3. The molecule has 1 aliphatic heterocycles. The zero-order valence-corrected chi connectivity index (χ0v) is 14.9. The number of likely N-dealkylation sites (tertiary alicyclic amines) is 1. The Morgan fingerprint density at radius 2 is 1.91 bits per heavy atom. The van der Waals surface area contributed by atoms with Crippen molar-refractivity contribution in [2.45, 2.75) is 65.4 Å². The molecule has 3 atom stereocenters. The first-order valence-corrected chi connectivity index (χ1v) is 9.02. The zero-order valence-electron chi connectivity index (χ0n) is 14.9. The van der Waals surface area contributed by atoms with Crippen LogP contribution in [0.4, 0.5) is 4.79 Å². The summed E-state index contributed by atoms with van der Waals surface area (Å²) in [5, 5.41) is 3.65. The van der Waals surface area contributed by atoms with Crippen molar-refractivity contribution in [2.24, 2.45) is 17.8 Å². The van der Waals surface area contributed by atoms with Crippen molar-refractivity contribution >= 4 is 6.09 Å². The van der Waals surface area contributed by atoms with Crippen LogP contribution in [0.1, 0.15) is 59.8 Å². The lowest BCUT2D eigenvalue weighted by Gasteiger charge is -2.34. The Morgan fingerprint density at radius 1 is 1.18 bits per heavy atom. The van der Waals surface area contributed by atoms with Gasteiger partial charge in [0.05, 0.1) is 0 Å². The molecule has 128 valence electrons. The van der Waals surface area contributed by atoms with Crippen LogP contribution in [-0.2, 0) is 4.74 Å². The van der Waals surface area contributed by atoms with Crippen molar-refractivity contribution in [3.8, 4) is 0 Å². The van der Waals surface area contributed by atoms with Gasteiger partial charge < -0.3 is 15.0 Å². The Balaban J connectivity index is 1.68. The molecule has 1 aliphatic carbocycles. The normalized spacial score (nSPS) is 29.6. The molecule has 0 aromatic rings. The van der Waals surface area contributed by atoms with E-state index in [2.05, 4.69) is 12.2 Å². The summed E-state index contributed by atoms with van der Waals surface area (Å²) >= 11 is 0. The van der Waals surface area contributed by atoms with Crippen LogP contribution >= 0.6 is 0 Å². The monoisotopic (exact) mass is 310 g/mol. The van der Waals surface area contributed by atoms with Crippen LogP contribution in [0.5, 0.6) is 0 Å². The highest BCUT2D eigenvalue weighted by molar-refractivity contribution is 5.68. The molecular formula is C18H34N2O2. The molecule has 0 spiro atoms. The van der Waals surface area contributed by atoms with E-state index in [1.54, 1.807) is 0 Å². The van der Waals surface area contributed by atoms with Crippen LogP contribution in [0, 0.1) is 17.8 Å². The molecule has 1 saturated carbocycles. The molecule has 0 radical (unpaired) electrons. The second-order valence-electron chi connectivity index (χ2n) is 8.38. The van der Waals surface area contributed by atoms with Crippen LogP contribution in [0.15, 0.2) is 0 Å². The van der Waals surface area contributed by atoms with Crippen molar-refractivity contribution in [1.82, 2.24) is 10.2 Å². The van der Waals surface area contributed by atoms with Crippen LogP contribution in [-0.4, -0.2) is 42.8 Å². The first kappa shape index (κ1) is 17.6. The minimum Gasteiger partial charge on any atom is -0.444 e. The van der Waals surface area contributed by atoms with E-state index in [4.69, 9.17) is 4.74 Å². The fourth-order valence-corrected chi connectivity index (χ4v) is 3.73. The average Bonchev–Trinajstić information content (AvgIpc) is 2.83. The molecule has 4 nitrogen and oxygen atoms in total. The first-order chi connectivity index (χ1) is 10.3. The van der Waals surface area contributed by atoms with Crippen molar-refractivity contribution in [3.05, 3.63) is 0 Å². The minimum atomic E-state index is -0.401. The van der Waals surface area contributed by atoms with Gasteiger partial charge in [-0.25, -0.2) is 4.79 Å². The lowest BCUT2D eigenvalue weighted by Crippen LogP contribution is -2.45. The van der Waals surface area contributed by atoms with Crippen LogP contribution in [0.25, 0.3) is 0 Å². The highest BCUT2D eigenvalue weighted by atomic mass is 16.6. The molecule has 2 fully saturated rings. The summed E-state index contributed by atoms with van der Waals surface area (Å²) in [6.07, 6.45) is 6.30. The van der Waals surface area contributed by atoms with E-state index in [1.165, 1.54) is 25.7 Å². The quantitative estimate of drug-likeness (QED) is 0.861. The lowest BCUT2D eigenvalue weighted by atomic mass is 9.98. The second-order valence-corrected chi connectivity index (χ2v) is 8.38. The van der Waals surface area contributed by atoms with Crippen molar-refractivity contribution in [2.75, 3.05) is 26.2 Å². The van der Waals surface area contributed by atoms with Crippen LogP contribution < -0.4 is 5.32 Å². The Bertz CT molecular complexity index is 365. The van der Waals surface area contributed by atoms with E-state index in [9.17, 15) is 4.79 Å². The highest BCUT2D eigenvalue weighted by Gasteiger charge is 2.28. The molecule has 2 rings (SSSR count). The number of nitrogens with zero attached hydrogens (tertiary/aromatic N) is 1. The predicted octanol–water partition coefficient (Wildman–Crippen LogP) is 3.66. The third-order valence-corrected chi connectivity index (χ3v) is 4.84. The maximum atomic E-state index is 12.2. The van der Waals surface area contributed by atoms with Crippen molar-refractivity contribution in [3.63, 3.8) is 0 Å². The Morgan fingerprint density at radius 3 is 2.55 bits per heavy atom. The Labute approximate surface area is 136 Å². The van der Waals surface area contributed by atoms with Crippen LogP contribution in [0.3, 0.4) is 0 Å². The number of carbonyl (C=O) groups is 1. The highest BCUT2D eigenvalue weighted by Crippen LogP contribution is 2.29. The van der Waals surface area contributed by atoms with Gasteiger partial charge in [-0.15, -0.1) is 0 Å². The van der Waals surface area contributed by atoms with Gasteiger partial charge in [-0.1, -0.05) is 13.3 Å². The van der Waals surface area contributed by atoms with Gasteiger partial charge in [0.2, 0.25) is 0 Å². The van der Waals surface area contributed by atoms with E-state index in [-0.39, 0.29) is 6.09 Å². The molecule has 1 amide bonds. The summed E-state index contributed by atoms with van der Waals surface area (Å²) < 4.78 is 5.49. The summed E-state index contributed by atoms with van der Waals surface area (Å²) in [6.45, 7) is 12.0. The Kier molecular flexibility index (Phi) is 6.13. The summed E-state index contributed by atoms with van der Waals surface area (Å²) in [6, 6.07) is 0. The van der Waals surface area contributed by atoms with Gasteiger partial charge >= 0.3 is 6.09 Å². The smallest absolute Gasteiger partial charge is 0.410 e. The number of carbonyl (C=O) groups excluding carboxylic acids is 1. The maximum Gasteiger partial charge on any atom is 0.410 e. The molecule has 4 heteroatoms. The third-order valence-electron chi connectivity index (χ3n) is 4.84. The zero-order chi connectivity index (χ0) is 16.2.